The van der Waals surface area contributed by atoms with Gasteiger partial charge in [0, 0.05) is 0 Å². The highest BCUT2D eigenvalue weighted by atomic mass is 79.9. The van der Waals surface area contributed by atoms with Crippen molar-refractivity contribution in [1.82, 2.24) is 9.97 Å². The van der Waals surface area contributed by atoms with Crippen molar-refractivity contribution in [1.29, 1.82) is 0 Å². The minimum absolute atomic E-state index is 0.0650. The number of ether oxygens (including phenoxy) is 2. The summed E-state index contributed by atoms with van der Waals surface area (Å²) in [5, 5.41) is 0. The average Bonchev–Trinajstić information content (AvgIpc) is 2.36. The lowest BCUT2D eigenvalue weighted by molar-refractivity contribution is 0.0428. The average molecular weight is 416 g/mol. The number of carbonyl (C=O) groups excluding carboxylic acids is 2. The van der Waals surface area contributed by atoms with Crippen molar-refractivity contribution in [3.63, 3.8) is 0 Å². The van der Waals surface area contributed by atoms with E-state index in [1.54, 1.807) is 41.5 Å². The fraction of sp³-hybridized carbons (Fsp3) is 0.647. The van der Waals surface area contributed by atoms with Gasteiger partial charge in [0.1, 0.15) is 17.5 Å². The number of imide groups is 1. The lowest BCUT2D eigenvalue weighted by Gasteiger charge is -2.28. The second kappa shape index (κ2) is 7.68. The van der Waals surface area contributed by atoms with Gasteiger partial charge in [0.25, 0.3) is 0 Å². The molecule has 140 valence electrons. The Kier molecular flexibility index (Phi) is 6.55. The van der Waals surface area contributed by atoms with Crippen LogP contribution >= 0.6 is 15.9 Å². The van der Waals surface area contributed by atoms with Crippen molar-refractivity contribution in [3.8, 4) is 0 Å². The van der Waals surface area contributed by atoms with Crippen LogP contribution in [0.4, 0.5) is 15.4 Å². The molecule has 1 rings (SSSR count). The SMILES string of the molecule is CC(C)c1ncnc(N(C(=O)OC(C)(C)C)C(=O)OC(C)(C)C)c1Br. The van der Waals surface area contributed by atoms with E-state index in [0.29, 0.717) is 10.2 Å². The van der Waals surface area contributed by atoms with Gasteiger partial charge in [-0.1, -0.05) is 13.8 Å². The first-order valence-electron chi connectivity index (χ1n) is 7.99. The quantitative estimate of drug-likeness (QED) is 0.672. The van der Waals surface area contributed by atoms with E-state index < -0.39 is 23.4 Å². The summed E-state index contributed by atoms with van der Waals surface area (Å²) in [4.78, 5) is 34.4. The van der Waals surface area contributed by atoms with E-state index in [2.05, 4.69) is 25.9 Å². The highest BCUT2D eigenvalue weighted by Gasteiger charge is 2.35. The Morgan fingerprint density at radius 3 is 1.80 bits per heavy atom. The summed E-state index contributed by atoms with van der Waals surface area (Å²) < 4.78 is 11.1. The third kappa shape index (κ3) is 6.26. The van der Waals surface area contributed by atoms with Gasteiger partial charge in [0.15, 0.2) is 5.82 Å². The predicted octanol–water partition coefficient (Wildman–Crippen LogP) is 5.04. The van der Waals surface area contributed by atoms with Gasteiger partial charge in [-0.2, -0.15) is 4.90 Å². The number of rotatable bonds is 2. The Bertz CT molecular complexity index is 620. The first-order valence-corrected chi connectivity index (χ1v) is 8.78. The summed E-state index contributed by atoms with van der Waals surface area (Å²) >= 11 is 3.40. The third-order valence-electron chi connectivity index (χ3n) is 2.71. The van der Waals surface area contributed by atoms with Gasteiger partial charge in [0.05, 0.1) is 10.2 Å². The molecular formula is C17H26BrN3O4. The van der Waals surface area contributed by atoms with Crippen molar-refractivity contribution in [3.05, 3.63) is 16.5 Å². The standard InChI is InChI=1S/C17H26BrN3O4/c1-10(2)12-11(18)13(20-9-19-12)21(14(22)24-16(3,4)5)15(23)25-17(6,7)8/h9-10H,1-8H3. The maximum atomic E-state index is 12.6. The molecule has 25 heavy (non-hydrogen) atoms. The van der Waals surface area contributed by atoms with Crippen LogP contribution in [0.2, 0.25) is 0 Å². The molecule has 0 saturated heterocycles. The zero-order chi connectivity index (χ0) is 19.6. The van der Waals surface area contributed by atoms with Crippen LogP contribution in [-0.2, 0) is 9.47 Å². The predicted molar refractivity (Wildman–Crippen MR) is 98.8 cm³/mol. The van der Waals surface area contributed by atoms with Crippen molar-refractivity contribution in [2.24, 2.45) is 0 Å². The molecule has 0 fully saturated rings. The Morgan fingerprint density at radius 1 is 1.00 bits per heavy atom. The van der Waals surface area contributed by atoms with E-state index in [9.17, 15) is 9.59 Å². The summed E-state index contributed by atoms with van der Waals surface area (Å²) in [6.07, 6.45) is -0.427. The van der Waals surface area contributed by atoms with Gasteiger partial charge >= 0.3 is 12.2 Å². The molecular weight excluding hydrogens is 390 g/mol. The number of aromatic nitrogens is 2. The van der Waals surface area contributed by atoms with Crippen LogP contribution in [0.15, 0.2) is 10.8 Å². The second-order valence-corrected chi connectivity index (χ2v) is 8.64. The number of nitrogens with zero attached hydrogens (tertiary/aromatic N) is 3. The fourth-order valence-corrected chi connectivity index (χ4v) is 2.63. The van der Waals surface area contributed by atoms with Gasteiger partial charge in [-0.3, -0.25) is 0 Å². The smallest absolute Gasteiger partial charge is 0.425 e. The number of hydrogen-bond acceptors (Lipinski definition) is 6. The van der Waals surface area contributed by atoms with Crippen molar-refractivity contribution < 1.29 is 19.1 Å². The number of amides is 2. The first-order chi connectivity index (χ1) is 11.2. The van der Waals surface area contributed by atoms with Gasteiger partial charge in [0.2, 0.25) is 0 Å². The maximum Gasteiger partial charge on any atom is 0.425 e. The molecule has 0 N–H and O–H groups in total. The molecule has 0 radical (unpaired) electrons. The Hall–Kier alpha value is -1.70. The molecule has 0 spiro atoms. The van der Waals surface area contributed by atoms with Crippen molar-refractivity contribution in [2.75, 3.05) is 4.90 Å². The molecule has 8 heteroatoms. The molecule has 0 saturated carbocycles. The molecule has 1 heterocycles. The van der Waals surface area contributed by atoms with Crippen LogP contribution in [0.25, 0.3) is 0 Å². The lowest BCUT2D eigenvalue weighted by Crippen LogP contribution is -2.44. The zero-order valence-electron chi connectivity index (χ0n) is 16.0. The fourth-order valence-electron chi connectivity index (χ4n) is 1.79. The summed E-state index contributed by atoms with van der Waals surface area (Å²) in [5.74, 6) is 0.150. The Balaban J connectivity index is 3.39. The second-order valence-electron chi connectivity index (χ2n) is 7.85. The normalized spacial score (nSPS) is 12.1. The number of halogens is 1. The molecule has 0 bridgehead atoms. The van der Waals surface area contributed by atoms with E-state index in [1.165, 1.54) is 6.33 Å². The highest BCUT2D eigenvalue weighted by Crippen LogP contribution is 2.32. The van der Waals surface area contributed by atoms with E-state index in [-0.39, 0.29) is 11.7 Å². The molecule has 7 nitrogen and oxygen atoms in total. The topological polar surface area (TPSA) is 81.6 Å². The number of hydrogen-bond donors (Lipinski definition) is 0. The molecule has 1 aromatic heterocycles. The Labute approximate surface area is 157 Å². The number of carbonyl (C=O) groups is 2. The lowest BCUT2D eigenvalue weighted by atomic mass is 10.1. The molecule has 1 aromatic rings. The summed E-state index contributed by atoms with van der Waals surface area (Å²) in [6.45, 7) is 14.2. The van der Waals surface area contributed by atoms with Crippen LogP contribution in [0.5, 0.6) is 0 Å². The van der Waals surface area contributed by atoms with Crippen molar-refractivity contribution >= 4 is 33.9 Å². The Morgan fingerprint density at radius 2 is 1.44 bits per heavy atom. The molecule has 0 atom stereocenters. The van der Waals surface area contributed by atoms with E-state index >= 15 is 0 Å². The number of anilines is 1. The van der Waals surface area contributed by atoms with Gasteiger partial charge < -0.3 is 9.47 Å². The summed E-state index contributed by atoms with van der Waals surface area (Å²) in [6, 6.07) is 0. The van der Waals surface area contributed by atoms with E-state index in [0.717, 1.165) is 4.90 Å². The van der Waals surface area contributed by atoms with Crippen LogP contribution in [-0.4, -0.2) is 33.4 Å². The van der Waals surface area contributed by atoms with E-state index in [4.69, 9.17) is 9.47 Å². The summed E-state index contributed by atoms with van der Waals surface area (Å²) in [5.41, 5.74) is -0.891. The molecule has 0 unspecified atom stereocenters. The minimum Gasteiger partial charge on any atom is -0.443 e. The largest absolute Gasteiger partial charge is 0.443 e. The van der Waals surface area contributed by atoms with Crippen LogP contribution in [0.1, 0.15) is 67.0 Å². The van der Waals surface area contributed by atoms with Crippen LogP contribution in [0, 0.1) is 0 Å². The molecule has 0 aromatic carbocycles. The van der Waals surface area contributed by atoms with Crippen LogP contribution < -0.4 is 4.90 Å². The molecule has 0 aliphatic carbocycles. The monoisotopic (exact) mass is 415 g/mol. The molecule has 0 aliphatic heterocycles. The first kappa shape index (κ1) is 21.3. The van der Waals surface area contributed by atoms with Gasteiger partial charge in [-0.25, -0.2) is 19.6 Å². The molecule has 2 amide bonds. The van der Waals surface area contributed by atoms with Gasteiger partial charge in [-0.15, -0.1) is 0 Å². The van der Waals surface area contributed by atoms with Gasteiger partial charge in [-0.05, 0) is 63.4 Å². The zero-order valence-corrected chi connectivity index (χ0v) is 17.6. The maximum absolute atomic E-state index is 12.6. The molecule has 0 aliphatic rings. The van der Waals surface area contributed by atoms with Crippen molar-refractivity contribution in [2.45, 2.75) is 72.5 Å². The highest BCUT2D eigenvalue weighted by molar-refractivity contribution is 9.10. The van der Waals surface area contributed by atoms with E-state index in [1.807, 2.05) is 13.8 Å². The minimum atomic E-state index is -0.865. The third-order valence-corrected chi connectivity index (χ3v) is 3.47. The van der Waals surface area contributed by atoms with Crippen LogP contribution in [0.3, 0.4) is 0 Å². The summed E-state index contributed by atoms with van der Waals surface area (Å²) in [7, 11) is 0.